The molecular weight excluding hydrogens is 328 g/mol. The molecule has 2 saturated heterocycles. The number of aromatic nitrogens is 2. The van der Waals surface area contributed by atoms with Crippen molar-refractivity contribution in [3.63, 3.8) is 0 Å². The van der Waals surface area contributed by atoms with Crippen LogP contribution >= 0.6 is 0 Å². The Kier molecular flexibility index (Phi) is 4.02. The molecular formula is C20H24N4O2. The molecule has 0 radical (unpaired) electrons. The van der Waals surface area contributed by atoms with Gasteiger partial charge in [0.05, 0.1) is 18.4 Å². The average Bonchev–Trinajstić information content (AvgIpc) is 3.21. The first kappa shape index (κ1) is 16.0. The lowest BCUT2D eigenvalue weighted by Crippen LogP contribution is -2.47. The second-order valence-corrected chi connectivity index (χ2v) is 7.72. The summed E-state index contributed by atoms with van der Waals surface area (Å²) in [7, 11) is 0. The first-order valence-electron chi connectivity index (χ1n) is 9.53. The third kappa shape index (κ3) is 3.15. The van der Waals surface area contributed by atoms with Gasteiger partial charge < -0.3 is 10.1 Å². The molecule has 26 heavy (non-hydrogen) atoms. The minimum Gasteiger partial charge on any atom is -0.375 e. The van der Waals surface area contributed by atoms with Gasteiger partial charge in [0.25, 0.3) is 5.91 Å². The molecule has 1 aromatic heterocycles. The van der Waals surface area contributed by atoms with Gasteiger partial charge in [-0.1, -0.05) is 0 Å². The normalized spacial score (nSPS) is 28.7. The zero-order valence-corrected chi connectivity index (χ0v) is 14.8. The Hall–Kier alpha value is -2.18. The lowest BCUT2D eigenvalue weighted by atomic mass is 10.1. The Morgan fingerprint density at radius 2 is 2.04 bits per heavy atom. The van der Waals surface area contributed by atoms with Gasteiger partial charge in [-0.05, 0) is 55.5 Å². The minimum absolute atomic E-state index is 0.00141. The molecule has 1 amide bonds. The number of benzene rings is 1. The number of nitrogens with one attached hydrogen (secondary N) is 1. The second-order valence-electron chi connectivity index (χ2n) is 7.72. The molecule has 3 heterocycles. The van der Waals surface area contributed by atoms with Crippen LogP contribution in [0, 0.1) is 5.92 Å². The van der Waals surface area contributed by atoms with Crippen LogP contribution in [0.15, 0.2) is 42.7 Å². The summed E-state index contributed by atoms with van der Waals surface area (Å²) < 4.78 is 7.82. The van der Waals surface area contributed by atoms with Crippen LogP contribution in [0.25, 0.3) is 5.69 Å². The Balaban J connectivity index is 1.19. The van der Waals surface area contributed by atoms with Crippen LogP contribution in [0.3, 0.4) is 0 Å². The van der Waals surface area contributed by atoms with Crippen molar-refractivity contribution >= 4 is 5.91 Å². The topological polar surface area (TPSA) is 59.4 Å². The number of hydrogen-bond acceptors (Lipinski definition) is 4. The van der Waals surface area contributed by atoms with Crippen LogP contribution in [-0.4, -0.2) is 58.5 Å². The van der Waals surface area contributed by atoms with Gasteiger partial charge in [-0.3, -0.25) is 9.69 Å². The first-order chi connectivity index (χ1) is 12.8. The van der Waals surface area contributed by atoms with Crippen molar-refractivity contribution in [2.24, 2.45) is 5.92 Å². The van der Waals surface area contributed by atoms with Crippen molar-refractivity contribution in [1.29, 1.82) is 0 Å². The second kappa shape index (κ2) is 6.52. The third-order valence-corrected chi connectivity index (χ3v) is 5.83. The Bertz CT molecular complexity index is 770. The number of hydrogen-bond donors (Lipinski definition) is 1. The molecule has 3 atom stereocenters. The van der Waals surface area contributed by atoms with Gasteiger partial charge in [-0.2, -0.15) is 5.10 Å². The molecule has 6 nitrogen and oxygen atoms in total. The monoisotopic (exact) mass is 352 g/mol. The summed E-state index contributed by atoms with van der Waals surface area (Å²) in [6, 6.07) is 10.1. The lowest BCUT2D eigenvalue weighted by molar-refractivity contribution is -0.0581. The van der Waals surface area contributed by atoms with E-state index in [9.17, 15) is 4.79 Å². The van der Waals surface area contributed by atoms with E-state index < -0.39 is 0 Å². The number of ether oxygens (including phenoxy) is 1. The number of rotatable bonds is 4. The third-order valence-electron chi connectivity index (χ3n) is 5.83. The van der Waals surface area contributed by atoms with Crippen molar-refractivity contribution < 1.29 is 9.53 Å². The van der Waals surface area contributed by atoms with Gasteiger partial charge in [0.2, 0.25) is 0 Å². The highest BCUT2D eigenvalue weighted by atomic mass is 16.5. The summed E-state index contributed by atoms with van der Waals surface area (Å²) in [4.78, 5) is 15.1. The van der Waals surface area contributed by atoms with E-state index in [2.05, 4.69) is 15.3 Å². The standard InChI is InChI=1S/C20H24N4O2/c25-20(15-4-6-17(7-5-15)24-9-1-8-21-24)22-16-10-18-13-26-19(14-2-3-14)12-23(18)11-16/h1,4-9,14,16,18-19H,2-3,10-13H2,(H,22,25)/t16-,18-,19+/m0/s1. The Morgan fingerprint density at radius 1 is 1.19 bits per heavy atom. The number of nitrogens with zero attached hydrogens (tertiary/aromatic N) is 3. The van der Waals surface area contributed by atoms with Crippen LogP contribution in [0.1, 0.15) is 29.6 Å². The van der Waals surface area contributed by atoms with E-state index in [0.29, 0.717) is 17.7 Å². The number of amides is 1. The maximum absolute atomic E-state index is 12.6. The summed E-state index contributed by atoms with van der Waals surface area (Å²) in [5.41, 5.74) is 1.64. The molecule has 0 bridgehead atoms. The Morgan fingerprint density at radius 3 is 2.77 bits per heavy atom. The van der Waals surface area contributed by atoms with Crippen molar-refractivity contribution in [3.05, 3.63) is 48.3 Å². The molecule has 1 saturated carbocycles. The SMILES string of the molecule is O=C(N[C@H]1C[C@H]2CO[C@@H](C3CC3)CN2C1)c1ccc(-n2cccn2)cc1. The van der Waals surface area contributed by atoms with Crippen LogP contribution in [0.2, 0.25) is 0 Å². The zero-order valence-electron chi connectivity index (χ0n) is 14.8. The fourth-order valence-corrected chi connectivity index (χ4v) is 4.21. The first-order valence-corrected chi connectivity index (χ1v) is 9.53. The lowest BCUT2D eigenvalue weighted by Gasteiger charge is -2.35. The fourth-order valence-electron chi connectivity index (χ4n) is 4.21. The molecule has 3 aliphatic rings. The maximum atomic E-state index is 12.6. The van der Waals surface area contributed by atoms with E-state index in [1.165, 1.54) is 12.8 Å². The summed E-state index contributed by atoms with van der Waals surface area (Å²) in [5, 5.41) is 7.41. The number of carbonyl (C=O) groups is 1. The van der Waals surface area contributed by atoms with E-state index >= 15 is 0 Å². The molecule has 0 unspecified atom stereocenters. The quantitative estimate of drug-likeness (QED) is 0.912. The predicted molar refractivity (Wildman–Crippen MR) is 97.3 cm³/mol. The van der Waals surface area contributed by atoms with E-state index in [4.69, 9.17) is 4.74 Å². The van der Waals surface area contributed by atoms with Crippen molar-refractivity contribution in [1.82, 2.24) is 20.0 Å². The molecule has 2 aliphatic heterocycles. The van der Waals surface area contributed by atoms with Gasteiger partial charge in [0.15, 0.2) is 0 Å². The number of carbonyl (C=O) groups excluding carboxylic acids is 1. The van der Waals surface area contributed by atoms with Gasteiger partial charge in [-0.15, -0.1) is 0 Å². The molecule has 5 rings (SSSR count). The van der Waals surface area contributed by atoms with Crippen molar-refractivity contribution in [2.75, 3.05) is 19.7 Å². The van der Waals surface area contributed by atoms with Gasteiger partial charge in [-0.25, -0.2) is 4.68 Å². The van der Waals surface area contributed by atoms with E-state index in [-0.39, 0.29) is 11.9 Å². The zero-order chi connectivity index (χ0) is 17.5. The highest BCUT2D eigenvalue weighted by Gasteiger charge is 2.42. The highest BCUT2D eigenvalue weighted by molar-refractivity contribution is 5.94. The van der Waals surface area contributed by atoms with E-state index in [0.717, 1.165) is 37.7 Å². The van der Waals surface area contributed by atoms with E-state index in [1.54, 1.807) is 10.9 Å². The molecule has 1 N–H and O–H groups in total. The molecule has 0 spiro atoms. The predicted octanol–water partition coefficient (Wildman–Crippen LogP) is 1.85. The smallest absolute Gasteiger partial charge is 0.251 e. The number of fused-ring (bicyclic) bond motifs is 1. The van der Waals surface area contributed by atoms with Crippen LogP contribution in [-0.2, 0) is 4.74 Å². The van der Waals surface area contributed by atoms with Crippen LogP contribution < -0.4 is 5.32 Å². The van der Waals surface area contributed by atoms with Gasteiger partial charge in [0.1, 0.15) is 0 Å². The van der Waals surface area contributed by atoms with Crippen molar-refractivity contribution in [2.45, 2.75) is 37.5 Å². The molecule has 6 heteroatoms. The summed E-state index contributed by atoms with van der Waals surface area (Å²) >= 11 is 0. The molecule has 1 aromatic carbocycles. The minimum atomic E-state index is 0.00141. The average molecular weight is 352 g/mol. The Labute approximate surface area is 153 Å². The summed E-state index contributed by atoms with van der Waals surface area (Å²) in [5.74, 6) is 0.777. The summed E-state index contributed by atoms with van der Waals surface area (Å²) in [6.45, 7) is 2.78. The molecule has 1 aliphatic carbocycles. The summed E-state index contributed by atoms with van der Waals surface area (Å²) in [6.07, 6.45) is 7.66. The van der Waals surface area contributed by atoms with Crippen LogP contribution in [0.4, 0.5) is 0 Å². The molecule has 136 valence electrons. The highest BCUT2D eigenvalue weighted by Crippen LogP contribution is 2.37. The van der Waals surface area contributed by atoms with Gasteiger partial charge >= 0.3 is 0 Å². The number of morpholine rings is 1. The fraction of sp³-hybridized carbons (Fsp3) is 0.500. The van der Waals surface area contributed by atoms with Gasteiger partial charge in [0, 0.05) is 43.1 Å². The van der Waals surface area contributed by atoms with Crippen LogP contribution in [0.5, 0.6) is 0 Å². The largest absolute Gasteiger partial charge is 0.375 e. The molecule has 3 fully saturated rings. The molecule has 2 aromatic rings. The van der Waals surface area contributed by atoms with E-state index in [1.807, 2.05) is 36.5 Å². The van der Waals surface area contributed by atoms with Crippen molar-refractivity contribution in [3.8, 4) is 5.69 Å². The maximum Gasteiger partial charge on any atom is 0.251 e.